The molecule has 4 aromatic rings. The van der Waals surface area contributed by atoms with Crippen molar-refractivity contribution in [3.8, 4) is 0 Å². The van der Waals surface area contributed by atoms with Gasteiger partial charge in [-0.15, -0.1) is 0 Å². The van der Waals surface area contributed by atoms with Crippen LogP contribution >= 0.6 is 0 Å². The number of nitrogens with one attached hydrogen (secondary N) is 2. The SMILES string of the molecule is Cc1ccc(NC(=O)c2ccnc(Nc3cccc4cccnc34)c2)cc1. The summed E-state index contributed by atoms with van der Waals surface area (Å²) in [5, 5.41) is 7.20. The lowest BCUT2D eigenvalue weighted by atomic mass is 10.2. The van der Waals surface area contributed by atoms with Gasteiger partial charge in [-0.3, -0.25) is 9.78 Å². The molecule has 0 spiro atoms. The molecule has 2 heterocycles. The number of rotatable bonds is 4. The summed E-state index contributed by atoms with van der Waals surface area (Å²) in [5.74, 6) is 0.407. The van der Waals surface area contributed by atoms with E-state index in [2.05, 4.69) is 20.6 Å². The first kappa shape index (κ1) is 16.7. The van der Waals surface area contributed by atoms with E-state index in [1.807, 2.05) is 61.5 Å². The fourth-order valence-electron chi connectivity index (χ4n) is 2.82. The van der Waals surface area contributed by atoms with Gasteiger partial charge in [0.15, 0.2) is 0 Å². The van der Waals surface area contributed by atoms with Crippen LogP contribution in [0.25, 0.3) is 10.9 Å². The van der Waals surface area contributed by atoms with E-state index in [0.29, 0.717) is 11.4 Å². The Morgan fingerprint density at radius 3 is 2.56 bits per heavy atom. The highest BCUT2D eigenvalue weighted by Crippen LogP contribution is 2.24. The van der Waals surface area contributed by atoms with Gasteiger partial charge in [0.05, 0.1) is 11.2 Å². The molecule has 1 amide bonds. The van der Waals surface area contributed by atoms with Crippen molar-refractivity contribution in [2.75, 3.05) is 10.6 Å². The molecule has 0 aliphatic rings. The molecule has 2 aromatic heterocycles. The zero-order valence-corrected chi connectivity index (χ0v) is 14.8. The smallest absolute Gasteiger partial charge is 0.255 e. The average molecular weight is 354 g/mol. The minimum Gasteiger partial charge on any atom is -0.338 e. The third-order valence-electron chi connectivity index (χ3n) is 4.23. The molecule has 0 aliphatic carbocycles. The number of aromatic nitrogens is 2. The minimum absolute atomic E-state index is 0.180. The van der Waals surface area contributed by atoms with Crippen molar-refractivity contribution in [3.63, 3.8) is 0 Å². The highest BCUT2D eigenvalue weighted by molar-refractivity contribution is 6.04. The number of anilines is 3. The Labute approximate surface area is 157 Å². The molecule has 5 nitrogen and oxygen atoms in total. The molecule has 2 aromatic carbocycles. The standard InChI is InChI=1S/C22H18N4O/c1-15-7-9-18(10-8-15)25-22(27)17-11-13-23-20(14-17)26-19-6-2-4-16-5-3-12-24-21(16)19/h2-14H,1H3,(H,23,26)(H,25,27). The molecular weight excluding hydrogens is 336 g/mol. The molecule has 2 N–H and O–H groups in total. The number of carbonyl (C=O) groups excluding carboxylic acids is 1. The molecule has 0 radical (unpaired) electrons. The number of benzene rings is 2. The number of nitrogens with zero attached hydrogens (tertiary/aromatic N) is 2. The van der Waals surface area contributed by atoms with E-state index >= 15 is 0 Å². The van der Waals surface area contributed by atoms with Gasteiger partial charge in [-0.05, 0) is 43.3 Å². The lowest BCUT2D eigenvalue weighted by Crippen LogP contribution is -2.12. The maximum Gasteiger partial charge on any atom is 0.255 e. The molecule has 4 rings (SSSR count). The van der Waals surface area contributed by atoms with Crippen LogP contribution < -0.4 is 10.6 Å². The predicted octanol–water partition coefficient (Wildman–Crippen LogP) is 4.93. The van der Waals surface area contributed by atoms with E-state index in [0.717, 1.165) is 27.8 Å². The topological polar surface area (TPSA) is 66.9 Å². The predicted molar refractivity (Wildman–Crippen MR) is 108 cm³/mol. The first-order valence-corrected chi connectivity index (χ1v) is 8.64. The van der Waals surface area contributed by atoms with E-state index < -0.39 is 0 Å². The Balaban J connectivity index is 1.57. The highest BCUT2D eigenvalue weighted by Gasteiger charge is 2.09. The minimum atomic E-state index is -0.180. The summed E-state index contributed by atoms with van der Waals surface area (Å²) in [4.78, 5) is 21.3. The molecule has 0 saturated heterocycles. The van der Waals surface area contributed by atoms with Crippen molar-refractivity contribution >= 4 is 34.0 Å². The Morgan fingerprint density at radius 1 is 0.889 bits per heavy atom. The first-order chi connectivity index (χ1) is 13.2. The van der Waals surface area contributed by atoms with Crippen molar-refractivity contribution in [1.82, 2.24) is 9.97 Å². The van der Waals surface area contributed by atoms with Crippen LogP contribution in [-0.4, -0.2) is 15.9 Å². The average Bonchev–Trinajstić information content (AvgIpc) is 2.70. The summed E-state index contributed by atoms with van der Waals surface area (Å²) in [6.07, 6.45) is 3.37. The number of para-hydroxylation sites is 1. The Morgan fingerprint density at radius 2 is 1.70 bits per heavy atom. The van der Waals surface area contributed by atoms with Gasteiger partial charge in [0, 0.05) is 29.0 Å². The second-order valence-electron chi connectivity index (χ2n) is 6.26. The number of amides is 1. The van der Waals surface area contributed by atoms with Crippen LogP contribution in [0.5, 0.6) is 0 Å². The molecular formula is C22H18N4O. The molecule has 132 valence electrons. The fraction of sp³-hybridized carbons (Fsp3) is 0.0455. The first-order valence-electron chi connectivity index (χ1n) is 8.64. The van der Waals surface area contributed by atoms with Crippen LogP contribution in [0.3, 0.4) is 0 Å². The third kappa shape index (κ3) is 3.77. The normalized spacial score (nSPS) is 10.6. The maximum absolute atomic E-state index is 12.5. The number of pyridine rings is 2. The molecule has 0 bridgehead atoms. The number of carbonyl (C=O) groups is 1. The highest BCUT2D eigenvalue weighted by atomic mass is 16.1. The lowest BCUT2D eigenvalue weighted by Gasteiger charge is -2.10. The fourth-order valence-corrected chi connectivity index (χ4v) is 2.82. The Bertz CT molecular complexity index is 1100. The summed E-state index contributed by atoms with van der Waals surface area (Å²) in [6.45, 7) is 2.01. The number of aryl methyl sites for hydroxylation is 1. The molecule has 0 aliphatic heterocycles. The second kappa shape index (κ2) is 7.25. The van der Waals surface area contributed by atoms with Gasteiger partial charge in [-0.2, -0.15) is 0 Å². The van der Waals surface area contributed by atoms with Crippen LogP contribution in [0.4, 0.5) is 17.2 Å². The number of hydrogen-bond donors (Lipinski definition) is 2. The molecule has 5 heteroatoms. The summed E-state index contributed by atoms with van der Waals surface area (Å²) < 4.78 is 0. The quantitative estimate of drug-likeness (QED) is 0.545. The molecule has 0 fully saturated rings. The van der Waals surface area contributed by atoms with Gasteiger partial charge in [0.25, 0.3) is 5.91 Å². The van der Waals surface area contributed by atoms with Crippen LogP contribution in [0.1, 0.15) is 15.9 Å². The van der Waals surface area contributed by atoms with Crippen molar-refractivity contribution in [3.05, 3.63) is 90.3 Å². The van der Waals surface area contributed by atoms with Crippen molar-refractivity contribution in [2.45, 2.75) is 6.92 Å². The largest absolute Gasteiger partial charge is 0.338 e. The van der Waals surface area contributed by atoms with Crippen LogP contribution in [-0.2, 0) is 0 Å². The van der Waals surface area contributed by atoms with Crippen LogP contribution in [0.2, 0.25) is 0 Å². The zero-order chi connectivity index (χ0) is 18.6. The van der Waals surface area contributed by atoms with Gasteiger partial charge in [0.1, 0.15) is 5.82 Å². The monoisotopic (exact) mass is 354 g/mol. The van der Waals surface area contributed by atoms with E-state index in [-0.39, 0.29) is 5.91 Å². The van der Waals surface area contributed by atoms with Crippen molar-refractivity contribution < 1.29 is 4.79 Å². The van der Waals surface area contributed by atoms with Gasteiger partial charge >= 0.3 is 0 Å². The van der Waals surface area contributed by atoms with Gasteiger partial charge < -0.3 is 10.6 Å². The van der Waals surface area contributed by atoms with E-state index in [1.165, 1.54) is 0 Å². The van der Waals surface area contributed by atoms with Crippen LogP contribution in [0, 0.1) is 6.92 Å². The lowest BCUT2D eigenvalue weighted by molar-refractivity contribution is 0.102. The van der Waals surface area contributed by atoms with E-state index in [9.17, 15) is 4.79 Å². The number of fused-ring (bicyclic) bond motifs is 1. The second-order valence-corrected chi connectivity index (χ2v) is 6.26. The van der Waals surface area contributed by atoms with Crippen LogP contribution in [0.15, 0.2) is 79.1 Å². The molecule has 0 atom stereocenters. The third-order valence-corrected chi connectivity index (χ3v) is 4.23. The number of hydrogen-bond acceptors (Lipinski definition) is 4. The molecule has 0 saturated carbocycles. The molecule has 27 heavy (non-hydrogen) atoms. The maximum atomic E-state index is 12.5. The summed E-state index contributed by atoms with van der Waals surface area (Å²) in [7, 11) is 0. The summed E-state index contributed by atoms with van der Waals surface area (Å²) >= 11 is 0. The van der Waals surface area contributed by atoms with Gasteiger partial charge in [-0.25, -0.2) is 4.98 Å². The van der Waals surface area contributed by atoms with Gasteiger partial charge in [0.2, 0.25) is 0 Å². The Kier molecular flexibility index (Phi) is 4.49. The Hall–Kier alpha value is -3.73. The van der Waals surface area contributed by atoms with E-state index in [4.69, 9.17) is 0 Å². The summed E-state index contributed by atoms with van der Waals surface area (Å²) in [5.41, 5.74) is 4.14. The van der Waals surface area contributed by atoms with Crippen molar-refractivity contribution in [1.29, 1.82) is 0 Å². The van der Waals surface area contributed by atoms with E-state index in [1.54, 1.807) is 24.5 Å². The van der Waals surface area contributed by atoms with Gasteiger partial charge in [-0.1, -0.05) is 35.9 Å². The zero-order valence-electron chi connectivity index (χ0n) is 14.8. The summed E-state index contributed by atoms with van der Waals surface area (Å²) in [6, 6.07) is 20.9. The molecule has 0 unspecified atom stereocenters. The van der Waals surface area contributed by atoms with Crippen molar-refractivity contribution in [2.24, 2.45) is 0 Å².